The van der Waals surface area contributed by atoms with Crippen molar-refractivity contribution in [2.45, 2.75) is 13.8 Å². The molecular formula is C17H14N2O2S. The number of anilines is 1. The van der Waals surface area contributed by atoms with Gasteiger partial charge in [0.1, 0.15) is 0 Å². The third-order valence-electron chi connectivity index (χ3n) is 3.40. The average molecular weight is 310 g/mol. The van der Waals surface area contributed by atoms with Gasteiger partial charge in [0.2, 0.25) is 11.8 Å². The normalized spacial score (nSPS) is 10.6. The molecule has 0 atom stereocenters. The van der Waals surface area contributed by atoms with Crippen molar-refractivity contribution in [3.8, 4) is 10.4 Å². The van der Waals surface area contributed by atoms with Crippen LogP contribution in [0.2, 0.25) is 0 Å². The lowest BCUT2D eigenvalue weighted by molar-refractivity contribution is -0.124. The summed E-state index contributed by atoms with van der Waals surface area (Å²) in [7, 11) is 0. The molecule has 0 aliphatic heterocycles. The Morgan fingerprint density at radius 1 is 0.955 bits per heavy atom. The van der Waals surface area contributed by atoms with Gasteiger partial charge < -0.3 is 0 Å². The fourth-order valence-electron chi connectivity index (χ4n) is 2.51. The molecule has 2 amide bonds. The van der Waals surface area contributed by atoms with Gasteiger partial charge in [-0.25, -0.2) is 0 Å². The zero-order valence-corrected chi connectivity index (χ0v) is 13.1. The van der Waals surface area contributed by atoms with Crippen LogP contribution in [0.15, 0.2) is 48.5 Å². The van der Waals surface area contributed by atoms with Gasteiger partial charge in [-0.15, -0.1) is 0 Å². The second-order valence-corrected chi connectivity index (χ2v) is 5.69. The lowest BCUT2D eigenvalue weighted by atomic mass is 10.1. The molecule has 0 aliphatic rings. The molecule has 0 aliphatic carbocycles. The Morgan fingerprint density at radius 2 is 1.59 bits per heavy atom. The number of hydrogen-bond donors (Lipinski definition) is 0. The molecule has 3 rings (SSSR count). The largest absolute Gasteiger partial charge is 0.274 e. The number of benzene rings is 2. The van der Waals surface area contributed by atoms with Gasteiger partial charge in [0.15, 0.2) is 0 Å². The highest BCUT2D eigenvalue weighted by Gasteiger charge is 2.21. The monoisotopic (exact) mass is 310 g/mol. The number of para-hydroxylation sites is 1. The number of amides is 2. The SMILES string of the molecule is CC(=O)N(C(C)=O)c1ccccc1-c1snc2ccccc12. The van der Waals surface area contributed by atoms with Crippen LogP contribution in [0.1, 0.15) is 13.8 Å². The van der Waals surface area contributed by atoms with Crippen LogP contribution >= 0.6 is 11.5 Å². The van der Waals surface area contributed by atoms with Gasteiger partial charge in [-0.1, -0.05) is 36.4 Å². The van der Waals surface area contributed by atoms with E-state index < -0.39 is 0 Å². The maximum Gasteiger partial charge on any atom is 0.230 e. The van der Waals surface area contributed by atoms with Crippen molar-refractivity contribution in [2.24, 2.45) is 0 Å². The Balaban J connectivity index is 2.24. The Morgan fingerprint density at radius 3 is 2.32 bits per heavy atom. The third-order valence-corrected chi connectivity index (χ3v) is 4.31. The number of carbonyl (C=O) groups is 2. The first kappa shape index (κ1) is 14.4. The number of aromatic nitrogens is 1. The molecule has 1 heterocycles. The van der Waals surface area contributed by atoms with Crippen LogP contribution in [0.3, 0.4) is 0 Å². The Kier molecular flexibility index (Phi) is 3.73. The van der Waals surface area contributed by atoms with Gasteiger partial charge in [0, 0.05) is 24.8 Å². The highest BCUT2D eigenvalue weighted by molar-refractivity contribution is 7.11. The van der Waals surface area contributed by atoms with Gasteiger partial charge in [-0.2, -0.15) is 4.37 Å². The Labute approximate surface area is 132 Å². The van der Waals surface area contributed by atoms with E-state index in [4.69, 9.17) is 0 Å². The quantitative estimate of drug-likeness (QED) is 0.722. The van der Waals surface area contributed by atoms with E-state index >= 15 is 0 Å². The summed E-state index contributed by atoms with van der Waals surface area (Å²) in [6.45, 7) is 2.78. The number of fused-ring (bicyclic) bond motifs is 1. The molecule has 2 aromatic carbocycles. The summed E-state index contributed by atoms with van der Waals surface area (Å²) in [6.07, 6.45) is 0. The summed E-state index contributed by atoms with van der Waals surface area (Å²) in [5, 5.41) is 1.02. The van der Waals surface area contributed by atoms with E-state index in [2.05, 4.69) is 4.37 Å². The van der Waals surface area contributed by atoms with Crippen molar-refractivity contribution in [2.75, 3.05) is 4.90 Å². The maximum absolute atomic E-state index is 11.9. The lowest BCUT2D eigenvalue weighted by Crippen LogP contribution is -2.33. The minimum atomic E-state index is -0.297. The highest BCUT2D eigenvalue weighted by atomic mass is 32.1. The van der Waals surface area contributed by atoms with Crippen LogP contribution in [0.5, 0.6) is 0 Å². The molecule has 0 unspecified atom stereocenters. The van der Waals surface area contributed by atoms with Crippen molar-refractivity contribution in [1.82, 2.24) is 4.37 Å². The molecule has 110 valence electrons. The van der Waals surface area contributed by atoms with E-state index in [1.165, 1.54) is 30.3 Å². The first-order valence-electron chi connectivity index (χ1n) is 6.84. The summed E-state index contributed by atoms with van der Waals surface area (Å²) in [4.78, 5) is 25.9. The first-order chi connectivity index (χ1) is 10.6. The molecule has 0 spiro atoms. The van der Waals surface area contributed by atoms with Gasteiger partial charge in [-0.05, 0) is 23.7 Å². The lowest BCUT2D eigenvalue weighted by Gasteiger charge is -2.20. The van der Waals surface area contributed by atoms with Crippen molar-refractivity contribution in [3.63, 3.8) is 0 Å². The molecule has 0 bridgehead atoms. The van der Waals surface area contributed by atoms with Crippen LogP contribution in [0.25, 0.3) is 21.3 Å². The van der Waals surface area contributed by atoms with E-state index in [-0.39, 0.29) is 11.8 Å². The standard InChI is InChI=1S/C17H14N2O2S/c1-11(20)19(12(2)21)16-10-6-4-8-14(16)17-13-7-3-5-9-15(13)18-22-17/h3-10H,1-2H3. The molecular weight excluding hydrogens is 296 g/mol. The number of nitrogens with zero attached hydrogens (tertiary/aromatic N) is 2. The molecule has 5 heteroatoms. The highest BCUT2D eigenvalue weighted by Crippen LogP contribution is 2.38. The summed E-state index contributed by atoms with van der Waals surface area (Å²) in [5.41, 5.74) is 2.35. The number of imide groups is 1. The molecule has 0 radical (unpaired) electrons. The molecule has 0 N–H and O–H groups in total. The molecule has 0 saturated carbocycles. The van der Waals surface area contributed by atoms with Gasteiger partial charge in [-0.3, -0.25) is 14.5 Å². The fraction of sp³-hybridized carbons (Fsp3) is 0.118. The van der Waals surface area contributed by atoms with Crippen molar-refractivity contribution in [1.29, 1.82) is 0 Å². The molecule has 0 fully saturated rings. The molecule has 0 saturated heterocycles. The summed E-state index contributed by atoms with van der Waals surface area (Å²) in [5.74, 6) is -0.595. The van der Waals surface area contributed by atoms with E-state index in [1.54, 1.807) is 6.07 Å². The fourth-order valence-corrected chi connectivity index (χ4v) is 3.40. The summed E-state index contributed by atoms with van der Waals surface area (Å²) < 4.78 is 4.44. The molecule has 22 heavy (non-hydrogen) atoms. The van der Waals surface area contributed by atoms with Gasteiger partial charge >= 0.3 is 0 Å². The zero-order valence-electron chi connectivity index (χ0n) is 12.2. The minimum Gasteiger partial charge on any atom is -0.274 e. The van der Waals surface area contributed by atoms with E-state index in [9.17, 15) is 9.59 Å². The van der Waals surface area contributed by atoms with Gasteiger partial charge in [0.25, 0.3) is 0 Å². The van der Waals surface area contributed by atoms with Gasteiger partial charge in [0.05, 0.1) is 16.1 Å². The second-order valence-electron chi connectivity index (χ2n) is 4.92. The molecule has 3 aromatic rings. The third kappa shape index (κ3) is 2.40. The van der Waals surface area contributed by atoms with E-state index in [1.807, 2.05) is 42.5 Å². The topological polar surface area (TPSA) is 50.3 Å². The zero-order chi connectivity index (χ0) is 15.7. The minimum absolute atomic E-state index is 0.297. The average Bonchev–Trinajstić information content (AvgIpc) is 2.91. The Hall–Kier alpha value is -2.53. The number of carbonyl (C=O) groups excluding carboxylic acids is 2. The predicted octanol–water partition coefficient (Wildman–Crippen LogP) is 3.86. The van der Waals surface area contributed by atoms with Crippen LogP contribution in [-0.4, -0.2) is 16.2 Å². The van der Waals surface area contributed by atoms with Crippen LogP contribution < -0.4 is 4.90 Å². The molecule has 4 nitrogen and oxygen atoms in total. The Bertz CT molecular complexity index is 856. The van der Waals surface area contributed by atoms with E-state index in [0.29, 0.717) is 5.69 Å². The summed E-state index contributed by atoms with van der Waals surface area (Å²) >= 11 is 1.37. The first-order valence-corrected chi connectivity index (χ1v) is 7.62. The van der Waals surface area contributed by atoms with Crippen LogP contribution in [-0.2, 0) is 9.59 Å². The molecule has 1 aromatic heterocycles. The number of rotatable bonds is 2. The predicted molar refractivity (Wildman–Crippen MR) is 88.9 cm³/mol. The second kappa shape index (κ2) is 5.69. The number of hydrogen-bond acceptors (Lipinski definition) is 4. The smallest absolute Gasteiger partial charge is 0.230 e. The van der Waals surface area contributed by atoms with E-state index in [0.717, 1.165) is 21.3 Å². The maximum atomic E-state index is 11.9. The van der Waals surface area contributed by atoms with Crippen LogP contribution in [0, 0.1) is 0 Å². The van der Waals surface area contributed by atoms with Crippen molar-refractivity contribution in [3.05, 3.63) is 48.5 Å². The van der Waals surface area contributed by atoms with Crippen molar-refractivity contribution >= 4 is 39.9 Å². The summed E-state index contributed by atoms with van der Waals surface area (Å²) in [6, 6.07) is 15.3. The van der Waals surface area contributed by atoms with Crippen LogP contribution in [0.4, 0.5) is 5.69 Å². The van der Waals surface area contributed by atoms with Crippen molar-refractivity contribution < 1.29 is 9.59 Å².